The van der Waals surface area contributed by atoms with Gasteiger partial charge in [-0.25, -0.2) is 0 Å². The Labute approximate surface area is 149 Å². The third-order valence-corrected chi connectivity index (χ3v) is 3.60. The van der Waals surface area contributed by atoms with Gasteiger partial charge in [-0.15, -0.1) is 12.4 Å². The molecule has 3 N–H and O–H groups in total. The van der Waals surface area contributed by atoms with Crippen LogP contribution in [0.15, 0.2) is 48.5 Å². The predicted octanol–water partition coefficient (Wildman–Crippen LogP) is 3.58. The molecular formula is C19H25ClN2O2. The molecule has 0 radical (unpaired) electrons. The SMILES string of the molecule is CCc1ccc(CCC(=O)Nc2ccc(OCCN)cc2)cc1.Cl. The van der Waals surface area contributed by atoms with Gasteiger partial charge in [0.1, 0.15) is 12.4 Å². The van der Waals surface area contributed by atoms with Crippen molar-refractivity contribution in [3.05, 3.63) is 59.7 Å². The van der Waals surface area contributed by atoms with Gasteiger partial charge in [-0.1, -0.05) is 31.2 Å². The summed E-state index contributed by atoms with van der Waals surface area (Å²) in [4.78, 5) is 12.0. The fourth-order valence-corrected chi connectivity index (χ4v) is 2.23. The third-order valence-electron chi connectivity index (χ3n) is 3.60. The molecule has 0 saturated heterocycles. The van der Waals surface area contributed by atoms with Gasteiger partial charge >= 0.3 is 0 Å². The number of nitrogens with one attached hydrogen (secondary N) is 1. The molecule has 0 fully saturated rings. The summed E-state index contributed by atoms with van der Waals surface area (Å²) >= 11 is 0. The summed E-state index contributed by atoms with van der Waals surface area (Å²) in [5.41, 5.74) is 8.66. The zero-order chi connectivity index (χ0) is 16.5. The minimum absolute atomic E-state index is 0. The number of anilines is 1. The summed E-state index contributed by atoms with van der Waals surface area (Å²) in [6.07, 6.45) is 2.25. The van der Waals surface area contributed by atoms with E-state index >= 15 is 0 Å². The van der Waals surface area contributed by atoms with Crippen molar-refractivity contribution in [2.45, 2.75) is 26.2 Å². The zero-order valence-electron chi connectivity index (χ0n) is 14.0. The average molecular weight is 349 g/mol. The van der Waals surface area contributed by atoms with E-state index in [-0.39, 0.29) is 18.3 Å². The summed E-state index contributed by atoms with van der Waals surface area (Å²) in [6, 6.07) is 15.7. The van der Waals surface area contributed by atoms with Crippen LogP contribution < -0.4 is 15.8 Å². The molecule has 0 aliphatic heterocycles. The molecular weight excluding hydrogens is 324 g/mol. The molecule has 4 nitrogen and oxygen atoms in total. The van der Waals surface area contributed by atoms with Crippen LogP contribution in [-0.2, 0) is 17.6 Å². The first-order valence-corrected chi connectivity index (χ1v) is 8.02. The molecule has 0 aliphatic rings. The van der Waals surface area contributed by atoms with Crippen molar-refractivity contribution in [2.24, 2.45) is 5.73 Å². The molecule has 130 valence electrons. The Morgan fingerprint density at radius 3 is 2.25 bits per heavy atom. The quantitative estimate of drug-likeness (QED) is 0.766. The number of hydrogen-bond donors (Lipinski definition) is 2. The van der Waals surface area contributed by atoms with E-state index < -0.39 is 0 Å². The molecule has 0 heterocycles. The van der Waals surface area contributed by atoms with Gasteiger partial charge in [0.25, 0.3) is 0 Å². The summed E-state index contributed by atoms with van der Waals surface area (Å²) in [5.74, 6) is 0.768. The summed E-state index contributed by atoms with van der Waals surface area (Å²) in [6.45, 7) is 3.11. The van der Waals surface area contributed by atoms with Crippen molar-refractivity contribution in [1.82, 2.24) is 0 Å². The highest BCUT2D eigenvalue weighted by Gasteiger charge is 2.04. The maximum atomic E-state index is 12.0. The molecule has 0 unspecified atom stereocenters. The number of hydrogen-bond acceptors (Lipinski definition) is 3. The van der Waals surface area contributed by atoms with Crippen LogP contribution in [0.4, 0.5) is 5.69 Å². The molecule has 0 aromatic heterocycles. The van der Waals surface area contributed by atoms with E-state index in [1.807, 2.05) is 24.3 Å². The Morgan fingerprint density at radius 2 is 1.67 bits per heavy atom. The first kappa shape index (κ1) is 20.0. The number of halogens is 1. The van der Waals surface area contributed by atoms with Crippen LogP contribution in [0.2, 0.25) is 0 Å². The lowest BCUT2D eigenvalue weighted by Gasteiger charge is -2.08. The standard InChI is InChI=1S/C19H24N2O2.ClH/c1-2-15-3-5-16(6-4-15)7-12-19(22)21-17-8-10-18(11-9-17)23-14-13-20;/h3-6,8-11H,2,7,12-14,20H2,1H3,(H,21,22);1H. The van der Waals surface area contributed by atoms with Crippen molar-refractivity contribution in [3.63, 3.8) is 0 Å². The Morgan fingerprint density at radius 1 is 1.04 bits per heavy atom. The van der Waals surface area contributed by atoms with Gasteiger partial charge < -0.3 is 15.8 Å². The molecule has 0 aliphatic carbocycles. The fraction of sp³-hybridized carbons (Fsp3) is 0.316. The van der Waals surface area contributed by atoms with Crippen LogP contribution in [0.25, 0.3) is 0 Å². The first-order valence-electron chi connectivity index (χ1n) is 8.02. The van der Waals surface area contributed by atoms with Crippen molar-refractivity contribution < 1.29 is 9.53 Å². The van der Waals surface area contributed by atoms with Crippen LogP contribution in [-0.4, -0.2) is 19.1 Å². The molecule has 2 rings (SSSR count). The number of carbonyl (C=O) groups excluding carboxylic acids is 1. The number of benzene rings is 2. The maximum Gasteiger partial charge on any atom is 0.224 e. The Hall–Kier alpha value is -2.04. The van der Waals surface area contributed by atoms with Gasteiger partial charge in [0, 0.05) is 18.7 Å². The van der Waals surface area contributed by atoms with Crippen LogP contribution >= 0.6 is 12.4 Å². The highest BCUT2D eigenvalue weighted by molar-refractivity contribution is 5.90. The lowest BCUT2D eigenvalue weighted by Crippen LogP contribution is -2.12. The van der Waals surface area contributed by atoms with E-state index in [1.165, 1.54) is 11.1 Å². The van der Waals surface area contributed by atoms with Crippen molar-refractivity contribution in [2.75, 3.05) is 18.5 Å². The molecule has 5 heteroatoms. The average Bonchev–Trinajstić information content (AvgIpc) is 2.60. The second kappa shape index (κ2) is 10.7. The Balaban J connectivity index is 0.00000288. The van der Waals surface area contributed by atoms with Gasteiger partial charge in [-0.2, -0.15) is 0 Å². The van der Waals surface area contributed by atoms with Crippen LogP contribution in [0.1, 0.15) is 24.5 Å². The normalized spacial score (nSPS) is 9.92. The van der Waals surface area contributed by atoms with E-state index in [0.29, 0.717) is 19.6 Å². The second-order valence-electron chi connectivity index (χ2n) is 5.38. The Bertz CT molecular complexity index is 612. The molecule has 24 heavy (non-hydrogen) atoms. The van der Waals surface area contributed by atoms with Crippen molar-refractivity contribution in [3.8, 4) is 5.75 Å². The first-order chi connectivity index (χ1) is 11.2. The second-order valence-corrected chi connectivity index (χ2v) is 5.38. The molecule has 0 spiro atoms. The number of rotatable bonds is 8. The molecule has 0 saturated carbocycles. The Kier molecular flexibility index (Phi) is 8.90. The van der Waals surface area contributed by atoms with E-state index in [9.17, 15) is 4.79 Å². The lowest BCUT2D eigenvalue weighted by molar-refractivity contribution is -0.116. The van der Waals surface area contributed by atoms with Crippen LogP contribution in [0, 0.1) is 0 Å². The van der Waals surface area contributed by atoms with E-state index in [4.69, 9.17) is 10.5 Å². The number of amides is 1. The highest BCUT2D eigenvalue weighted by atomic mass is 35.5. The minimum Gasteiger partial charge on any atom is -0.492 e. The zero-order valence-corrected chi connectivity index (χ0v) is 14.8. The van der Waals surface area contributed by atoms with Gasteiger partial charge in [0.05, 0.1) is 0 Å². The van der Waals surface area contributed by atoms with Crippen molar-refractivity contribution >= 4 is 24.0 Å². The predicted molar refractivity (Wildman–Crippen MR) is 101 cm³/mol. The monoisotopic (exact) mass is 348 g/mol. The maximum absolute atomic E-state index is 12.0. The number of nitrogens with two attached hydrogens (primary N) is 1. The van der Waals surface area contributed by atoms with E-state index in [2.05, 4.69) is 36.5 Å². The van der Waals surface area contributed by atoms with E-state index in [1.54, 1.807) is 0 Å². The molecule has 2 aromatic carbocycles. The summed E-state index contributed by atoms with van der Waals surface area (Å²) < 4.78 is 5.40. The van der Waals surface area contributed by atoms with Crippen LogP contribution in [0.5, 0.6) is 5.75 Å². The van der Waals surface area contributed by atoms with Gasteiger partial charge in [0.2, 0.25) is 5.91 Å². The number of carbonyl (C=O) groups is 1. The summed E-state index contributed by atoms with van der Waals surface area (Å²) in [5, 5.41) is 2.90. The minimum atomic E-state index is 0. The molecule has 0 bridgehead atoms. The van der Waals surface area contributed by atoms with Crippen molar-refractivity contribution in [1.29, 1.82) is 0 Å². The van der Waals surface area contributed by atoms with Gasteiger partial charge in [-0.3, -0.25) is 4.79 Å². The fourth-order valence-electron chi connectivity index (χ4n) is 2.23. The largest absolute Gasteiger partial charge is 0.492 e. The third kappa shape index (κ3) is 6.60. The molecule has 0 atom stereocenters. The van der Waals surface area contributed by atoms with E-state index in [0.717, 1.165) is 24.3 Å². The van der Waals surface area contributed by atoms with Gasteiger partial charge in [-0.05, 0) is 48.2 Å². The molecule has 2 aromatic rings. The topological polar surface area (TPSA) is 64.3 Å². The highest BCUT2D eigenvalue weighted by Crippen LogP contribution is 2.16. The summed E-state index contributed by atoms with van der Waals surface area (Å²) in [7, 11) is 0. The van der Waals surface area contributed by atoms with Gasteiger partial charge in [0.15, 0.2) is 0 Å². The smallest absolute Gasteiger partial charge is 0.224 e. The lowest BCUT2D eigenvalue weighted by atomic mass is 10.1. The number of ether oxygens (including phenoxy) is 1. The number of aryl methyl sites for hydroxylation is 2. The van der Waals surface area contributed by atoms with Crippen LogP contribution in [0.3, 0.4) is 0 Å². The molecule has 1 amide bonds.